The molecule has 0 spiro atoms. The molecule has 522 valence electrons. The third kappa shape index (κ3) is 42.0. The summed E-state index contributed by atoms with van der Waals surface area (Å²) >= 11 is 0. The van der Waals surface area contributed by atoms with E-state index in [0.29, 0.717) is 45.1 Å². The van der Waals surface area contributed by atoms with Gasteiger partial charge >= 0.3 is 19.8 Å². The number of carbonyl (C=O) groups is 4. The lowest BCUT2D eigenvalue weighted by Gasteiger charge is -2.20. The van der Waals surface area contributed by atoms with Gasteiger partial charge in [-0.1, -0.05) is 230 Å². The van der Waals surface area contributed by atoms with E-state index in [9.17, 15) is 28.6 Å². The molecular weight excluding hydrogens is 1200 g/mol. The van der Waals surface area contributed by atoms with Crippen LogP contribution in [-0.4, -0.2) is 135 Å². The number of hydrogen-bond acceptors (Lipinski definition) is 17. The van der Waals surface area contributed by atoms with Crippen LogP contribution in [0, 0.1) is 0 Å². The number of unbranched alkanes of at least 4 members (excludes halogenated alkanes) is 28. The standard InChI is InChI=1S/C73H115N4O15P/c1-3-5-7-9-11-13-15-17-19-21-23-25-27-29-31-39-72(80)89-59-66(92-73(81)40-32-30-28-26-24-22-20-18-16-14-12-10-8-6-4-2)60-91-93(82,83)90-48-35-36-65(78)58-86-52-53-87-61-70(79)74-47-49-84-50-51-85-54-55-88-71-46-45-64(56-76-71)62-41-43-63(44-42-62)69-57-75-67-37-33-34-38-68(67)77-69/h33-34,37-38,41-46,56-57,66H,3-32,35-36,39-40,47-55,58-61H2,1-2H3,(H,74,79)(H,82,83). The average molecular weight is 1320 g/mol. The van der Waals surface area contributed by atoms with Gasteiger partial charge in [0, 0.05) is 49.2 Å². The Labute approximate surface area is 556 Å². The number of nitrogens with one attached hydrogen (secondary N) is 1. The number of phosphoric acid groups is 1. The van der Waals surface area contributed by atoms with Gasteiger partial charge in [0.1, 0.15) is 26.4 Å². The van der Waals surface area contributed by atoms with Gasteiger partial charge in [-0.2, -0.15) is 0 Å². The molecule has 2 atom stereocenters. The number of aromatic nitrogens is 3. The molecule has 2 aromatic carbocycles. The topological polar surface area (TPSA) is 239 Å². The fourth-order valence-corrected chi connectivity index (χ4v) is 11.3. The fraction of sp³-hybridized carbons (Fsp3) is 0.685. The lowest BCUT2D eigenvalue weighted by molar-refractivity contribution is -0.161. The number of pyridine rings is 1. The summed E-state index contributed by atoms with van der Waals surface area (Å²) in [5.74, 6) is -1.02. The molecule has 1 amide bonds. The number of nitrogens with zero attached hydrogens (tertiary/aromatic N) is 3. The number of fused-ring (bicyclic) bond motifs is 1. The van der Waals surface area contributed by atoms with E-state index in [1.165, 1.54) is 141 Å². The molecule has 93 heavy (non-hydrogen) atoms. The Kier molecular flexibility index (Phi) is 46.5. The van der Waals surface area contributed by atoms with Crippen LogP contribution in [-0.2, 0) is 61.2 Å². The molecule has 4 rings (SSSR count). The molecule has 2 heterocycles. The van der Waals surface area contributed by atoms with E-state index in [1.54, 1.807) is 12.4 Å². The van der Waals surface area contributed by atoms with Gasteiger partial charge in [-0.3, -0.25) is 33.2 Å². The van der Waals surface area contributed by atoms with Crippen LogP contribution in [0.25, 0.3) is 33.4 Å². The molecular formula is C73H115N4O15P. The predicted molar refractivity (Wildman–Crippen MR) is 366 cm³/mol. The van der Waals surface area contributed by atoms with Gasteiger partial charge in [-0.15, -0.1) is 0 Å². The van der Waals surface area contributed by atoms with E-state index >= 15 is 0 Å². The van der Waals surface area contributed by atoms with Crippen molar-refractivity contribution in [2.75, 3.05) is 85.8 Å². The van der Waals surface area contributed by atoms with Gasteiger partial charge in [0.15, 0.2) is 11.9 Å². The third-order valence-corrected chi connectivity index (χ3v) is 16.9. The van der Waals surface area contributed by atoms with Gasteiger partial charge in [-0.05, 0) is 43.0 Å². The zero-order valence-electron chi connectivity index (χ0n) is 56.7. The normalized spacial score (nSPS) is 12.4. The summed E-state index contributed by atoms with van der Waals surface area (Å²) in [7, 11) is -4.62. The molecule has 20 heteroatoms. The van der Waals surface area contributed by atoms with Crippen LogP contribution in [0.4, 0.5) is 0 Å². The Morgan fingerprint density at radius 2 is 0.957 bits per heavy atom. The Bertz CT molecular complexity index is 2600. The van der Waals surface area contributed by atoms with E-state index in [2.05, 4.69) is 29.1 Å². The second kappa shape index (κ2) is 53.9. The number of carbonyl (C=O) groups excluding carboxylic acids is 4. The minimum atomic E-state index is -4.62. The maximum atomic E-state index is 12.9. The van der Waals surface area contributed by atoms with Gasteiger partial charge in [0.25, 0.3) is 0 Å². The molecule has 4 aromatic rings. The van der Waals surface area contributed by atoms with E-state index in [4.69, 9.17) is 47.2 Å². The number of ketones is 1. The first-order valence-corrected chi connectivity index (χ1v) is 37.0. The van der Waals surface area contributed by atoms with E-state index in [1.807, 2.05) is 60.7 Å². The fourth-order valence-electron chi connectivity index (χ4n) is 10.5. The number of hydrogen-bond donors (Lipinski definition) is 2. The minimum Gasteiger partial charge on any atom is -0.475 e. The zero-order valence-corrected chi connectivity index (χ0v) is 57.6. The molecule has 0 fully saturated rings. The highest BCUT2D eigenvalue weighted by Gasteiger charge is 2.26. The average Bonchev–Trinajstić information content (AvgIpc) is 0.970. The lowest BCUT2D eigenvalue weighted by atomic mass is 10.0. The number of benzene rings is 2. The number of Topliss-reactive ketones (excluding diaryl/α,β-unsaturated/α-hetero) is 1. The number of phosphoric ester groups is 1. The van der Waals surface area contributed by atoms with E-state index in [-0.39, 0.29) is 90.2 Å². The van der Waals surface area contributed by atoms with Gasteiger partial charge in [0.05, 0.1) is 75.8 Å². The summed E-state index contributed by atoms with van der Waals surface area (Å²) in [5, 5.41) is 2.71. The summed E-state index contributed by atoms with van der Waals surface area (Å²) in [6.07, 6.45) is 39.4. The second-order valence-electron chi connectivity index (χ2n) is 24.2. The molecule has 0 aliphatic rings. The largest absolute Gasteiger partial charge is 0.475 e. The van der Waals surface area contributed by atoms with Gasteiger partial charge < -0.3 is 43.4 Å². The number of amides is 1. The first-order chi connectivity index (χ1) is 45.5. The number of ether oxygens (including phenoxy) is 7. The molecule has 2 N–H and O–H groups in total. The molecule has 0 aliphatic carbocycles. The maximum absolute atomic E-state index is 12.9. The molecule has 2 unspecified atom stereocenters. The number of rotatable bonds is 62. The zero-order chi connectivity index (χ0) is 66.3. The van der Waals surface area contributed by atoms with Crippen molar-refractivity contribution >= 4 is 42.5 Å². The molecule has 0 radical (unpaired) electrons. The summed E-state index contributed by atoms with van der Waals surface area (Å²) in [4.78, 5) is 74.4. The van der Waals surface area contributed by atoms with Crippen molar-refractivity contribution in [3.05, 3.63) is 73.1 Å². The van der Waals surface area contributed by atoms with E-state index in [0.717, 1.165) is 71.9 Å². The Morgan fingerprint density at radius 1 is 0.462 bits per heavy atom. The van der Waals surface area contributed by atoms with Crippen molar-refractivity contribution in [1.82, 2.24) is 20.3 Å². The van der Waals surface area contributed by atoms with Crippen molar-refractivity contribution < 1.29 is 70.8 Å². The first-order valence-electron chi connectivity index (χ1n) is 35.5. The molecule has 0 saturated heterocycles. The summed E-state index contributed by atoms with van der Waals surface area (Å²) in [5.41, 5.74) is 5.49. The van der Waals surface area contributed by atoms with E-state index < -0.39 is 32.5 Å². The number of esters is 2. The lowest BCUT2D eigenvalue weighted by Crippen LogP contribution is -2.31. The summed E-state index contributed by atoms with van der Waals surface area (Å²) in [6.45, 7) is 5.09. The highest BCUT2D eigenvalue weighted by atomic mass is 31.2. The van der Waals surface area contributed by atoms with Gasteiger partial charge in [0.2, 0.25) is 11.8 Å². The monoisotopic (exact) mass is 1320 g/mol. The highest BCUT2D eigenvalue weighted by molar-refractivity contribution is 7.47. The smallest absolute Gasteiger partial charge is 0.472 e. The van der Waals surface area contributed by atoms with Crippen LogP contribution in [0.3, 0.4) is 0 Å². The first kappa shape index (κ1) is 80.2. The highest BCUT2D eigenvalue weighted by Crippen LogP contribution is 2.43. The van der Waals surface area contributed by atoms with Crippen LogP contribution in [0.1, 0.15) is 232 Å². The van der Waals surface area contributed by atoms with Crippen LogP contribution in [0.2, 0.25) is 0 Å². The Balaban J connectivity index is 0.975. The Morgan fingerprint density at radius 3 is 1.53 bits per heavy atom. The van der Waals surface area contributed by atoms with Crippen LogP contribution < -0.4 is 10.1 Å². The van der Waals surface area contributed by atoms with Gasteiger partial charge in [-0.25, -0.2) is 14.5 Å². The quantitative estimate of drug-likeness (QED) is 0.0237. The maximum Gasteiger partial charge on any atom is 0.472 e. The van der Waals surface area contributed by atoms with Crippen LogP contribution in [0.15, 0.2) is 73.1 Å². The molecule has 2 aromatic heterocycles. The Hall–Kier alpha value is -5.24. The number of para-hydroxylation sites is 2. The predicted octanol–water partition coefficient (Wildman–Crippen LogP) is 16.4. The molecule has 19 nitrogen and oxygen atoms in total. The SMILES string of the molecule is CCCCCCCCCCCCCCCCCC(=O)OCC(COP(=O)(O)OCCCC(=O)COCCOCC(=O)NCCOCCOCCOc1ccc(-c2ccc(-c3cnc4ccccc4n3)cc2)cn1)OC(=O)CCCCCCCCCCCCCCCCC. The van der Waals surface area contributed by atoms with Crippen LogP contribution in [0.5, 0.6) is 5.88 Å². The molecule has 0 bridgehead atoms. The van der Waals surface area contributed by atoms with Crippen molar-refractivity contribution in [2.24, 2.45) is 0 Å². The van der Waals surface area contributed by atoms with Crippen molar-refractivity contribution in [3.8, 4) is 28.3 Å². The molecule has 0 saturated carbocycles. The third-order valence-electron chi connectivity index (χ3n) is 16.0. The van der Waals surface area contributed by atoms with Crippen LogP contribution >= 0.6 is 7.82 Å². The second-order valence-corrected chi connectivity index (χ2v) is 25.6. The van der Waals surface area contributed by atoms with Crippen molar-refractivity contribution in [2.45, 2.75) is 238 Å². The van der Waals surface area contributed by atoms with Crippen molar-refractivity contribution in [3.63, 3.8) is 0 Å². The summed E-state index contributed by atoms with van der Waals surface area (Å²) < 4.78 is 61.9. The van der Waals surface area contributed by atoms with Crippen molar-refractivity contribution in [1.29, 1.82) is 0 Å². The molecule has 0 aliphatic heterocycles. The summed E-state index contributed by atoms with van der Waals surface area (Å²) in [6, 6.07) is 19.7. The minimum absolute atomic E-state index is 0.0110.